The van der Waals surface area contributed by atoms with E-state index in [1.165, 1.54) is 29.0 Å². The Kier molecular flexibility index (Phi) is 4.38. The van der Waals surface area contributed by atoms with Crippen LogP contribution in [0.4, 0.5) is 24.5 Å². The Bertz CT molecular complexity index is 822. The minimum atomic E-state index is -4.57. The fraction of sp³-hybridized carbons (Fsp3) is 0.333. The molecule has 1 aliphatic heterocycles. The average molecular weight is 375 g/mol. The molecule has 3 rings (SSSR count). The van der Waals surface area contributed by atoms with Gasteiger partial charge in [-0.2, -0.15) is 18.3 Å². The van der Waals surface area contributed by atoms with Gasteiger partial charge in [-0.25, -0.2) is 0 Å². The molecular formula is C15H14ClF3N4O2. The number of methoxy groups -OCH3 is 1. The summed E-state index contributed by atoms with van der Waals surface area (Å²) in [5, 5.41) is 3.61. The maximum Gasteiger partial charge on any atom is 0.417 e. The highest BCUT2D eigenvalue weighted by molar-refractivity contribution is 6.31. The van der Waals surface area contributed by atoms with Crippen molar-refractivity contribution in [2.24, 2.45) is 0 Å². The van der Waals surface area contributed by atoms with Crippen LogP contribution in [0.2, 0.25) is 5.02 Å². The number of anilines is 2. The number of fused-ring (bicyclic) bond motifs is 1. The third-order valence-electron chi connectivity index (χ3n) is 3.94. The molecular weight excluding hydrogens is 361 g/mol. The lowest BCUT2D eigenvalue weighted by Gasteiger charge is -2.33. The summed E-state index contributed by atoms with van der Waals surface area (Å²) in [5.74, 6) is -0.460. The fourth-order valence-corrected chi connectivity index (χ4v) is 3.09. The quantitative estimate of drug-likeness (QED) is 0.896. The highest BCUT2D eigenvalue weighted by Crippen LogP contribution is 2.38. The van der Waals surface area contributed by atoms with Crippen molar-refractivity contribution in [1.82, 2.24) is 9.78 Å². The molecule has 2 N–H and O–H groups in total. The predicted molar refractivity (Wildman–Crippen MR) is 85.7 cm³/mol. The van der Waals surface area contributed by atoms with Crippen LogP contribution in [0, 0.1) is 0 Å². The number of nitrogens with two attached hydrogens (primary N) is 1. The van der Waals surface area contributed by atoms with Crippen LogP contribution in [0.25, 0.3) is 0 Å². The number of carbonyl (C=O) groups is 1. The molecule has 0 fully saturated rings. The minimum Gasteiger partial charge on any atom is -0.396 e. The van der Waals surface area contributed by atoms with Gasteiger partial charge in [0.05, 0.1) is 41.7 Å². The van der Waals surface area contributed by atoms with E-state index in [-0.39, 0.29) is 36.3 Å². The molecule has 1 aliphatic rings. The van der Waals surface area contributed by atoms with E-state index in [0.717, 1.165) is 12.1 Å². The summed E-state index contributed by atoms with van der Waals surface area (Å²) >= 11 is 5.76. The zero-order valence-electron chi connectivity index (χ0n) is 13.0. The van der Waals surface area contributed by atoms with E-state index in [2.05, 4.69) is 5.10 Å². The summed E-state index contributed by atoms with van der Waals surface area (Å²) < 4.78 is 45.2. The first-order chi connectivity index (χ1) is 11.7. The second-order valence-corrected chi connectivity index (χ2v) is 5.99. The molecule has 1 atom stereocenters. The molecule has 0 saturated carbocycles. The van der Waals surface area contributed by atoms with Crippen molar-refractivity contribution in [1.29, 1.82) is 0 Å². The van der Waals surface area contributed by atoms with Crippen LogP contribution in [0.5, 0.6) is 0 Å². The van der Waals surface area contributed by atoms with Gasteiger partial charge in [0.15, 0.2) is 0 Å². The first-order valence-electron chi connectivity index (χ1n) is 7.24. The molecule has 25 heavy (non-hydrogen) atoms. The van der Waals surface area contributed by atoms with Gasteiger partial charge >= 0.3 is 6.18 Å². The summed E-state index contributed by atoms with van der Waals surface area (Å²) in [4.78, 5) is 14.0. The lowest BCUT2D eigenvalue weighted by atomic mass is 10.1. The number of rotatable bonds is 3. The van der Waals surface area contributed by atoms with Crippen molar-refractivity contribution in [2.45, 2.75) is 12.2 Å². The zero-order chi connectivity index (χ0) is 18.4. The molecule has 10 heteroatoms. The molecule has 134 valence electrons. The van der Waals surface area contributed by atoms with Gasteiger partial charge in [-0.3, -0.25) is 9.48 Å². The van der Waals surface area contributed by atoms with Gasteiger partial charge in [0.2, 0.25) is 0 Å². The Balaban J connectivity index is 2.02. The number of alkyl halides is 3. The van der Waals surface area contributed by atoms with E-state index in [0.29, 0.717) is 0 Å². The molecule has 2 aromatic rings. The Labute approximate surface area is 145 Å². The number of amides is 1. The minimum absolute atomic E-state index is 0.169. The smallest absolute Gasteiger partial charge is 0.396 e. The lowest BCUT2D eigenvalue weighted by molar-refractivity contribution is -0.137. The molecule has 1 unspecified atom stereocenters. The topological polar surface area (TPSA) is 73.4 Å². The SMILES string of the molecule is COCC1CN(c2ccc(C(F)(F)F)c(Cl)c2)C(=O)c2c(N)cnn21. The molecule has 0 saturated heterocycles. The highest BCUT2D eigenvalue weighted by atomic mass is 35.5. The van der Waals surface area contributed by atoms with Crippen LogP contribution in [0.15, 0.2) is 24.4 Å². The van der Waals surface area contributed by atoms with Crippen molar-refractivity contribution < 1.29 is 22.7 Å². The second kappa shape index (κ2) is 6.23. The van der Waals surface area contributed by atoms with Gasteiger partial charge in [0.1, 0.15) is 5.69 Å². The Morgan fingerprint density at radius 2 is 2.16 bits per heavy atom. The van der Waals surface area contributed by atoms with Gasteiger partial charge in [-0.1, -0.05) is 11.6 Å². The van der Waals surface area contributed by atoms with Gasteiger partial charge in [0.25, 0.3) is 5.91 Å². The monoisotopic (exact) mass is 374 g/mol. The summed E-state index contributed by atoms with van der Waals surface area (Å²) in [6, 6.07) is 2.86. The van der Waals surface area contributed by atoms with Crippen LogP contribution in [-0.4, -0.2) is 35.9 Å². The van der Waals surface area contributed by atoms with Crippen LogP contribution in [0.1, 0.15) is 22.1 Å². The summed E-state index contributed by atoms with van der Waals surface area (Å²) in [6.07, 6.45) is -3.21. The van der Waals surface area contributed by atoms with Gasteiger partial charge < -0.3 is 15.4 Å². The summed E-state index contributed by atoms with van der Waals surface area (Å²) in [6.45, 7) is 0.425. The Morgan fingerprint density at radius 1 is 1.44 bits per heavy atom. The Morgan fingerprint density at radius 3 is 2.76 bits per heavy atom. The van der Waals surface area contributed by atoms with E-state index in [1.807, 2.05) is 0 Å². The maximum atomic E-state index is 12.9. The summed E-state index contributed by atoms with van der Waals surface area (Å²) in [7, 11) is 1.50. The predicted octanol–water partition coefficient (Wildman–Crippen LogP) is 2.99. The molecule has 0 aliphatic carbocycles. The molecule has 0 spiro atoms. The highest BCUT2D eigenvalue weighted by Gasteiger charge is 2.37. The number of halogens is 4. The lowest BCUT2D eigenvalue weighted by Crippen LogP contribution is -2.45. The van der Waals surface area contributed by atoms with Crippen molar-refractivity contribution in [3.63, 3.8) is 0 Å². The first kappa shape index (κ1) is 17.6. The largest absolute Gasteiger partial charge is 0.417 e. The van der Waals surface area contributed by atoms with E-state index < -0.39 is 22.7 Å². The summed E-state index contributed by atoms with van der Waals surface area (Å²) in [5.41, 5.74) is 5.46. The Hall–Kier alpha value is -2.26. The van der Waals surface area contributed by atoms with Crippen LogP contribution in [-0.2, 0) is 10.9 Å². The van der Waals surface area contributed by atoms with E-state index in [9.17, 15) is 18.0 Å². The zero-order valence-corrected chi connectivity index (χ0v) is 13.8. The molecule has 0 radical (unpaired) electrons. The first-order valence-corrected chi connectivity index (χ1v) is 7.62. The molecule has 1 amide bonds. The van der Waals surface area contributed by atoms with Gasteiger partial charge in [0, 0.05) is 12.8 Å². The number of nitrogens with zero attached hydrogens (tertiary/aromatic N) is 3. The van der Waals surface area contributed by atoms with E-state index >= 15 is 0 Å². The van der Waals surface area contributed by atoms with Crippen molar-refractivity contribution in [3.8, 4) is 0 Å². The maximum absolute atomic E-state index is 12.9. The van der Waals surface area contributed by atoms with Gasteiger partial charge in [-0.15, -0.1) is 0 Å². The van der Waals surface area contributed by atoms with Gasteiger partial charge in [-0.05, 0) is 18.2 Å². The number of hydrogen-bond acceptors (Lipinski definition) is 4. The van der Waals surface area contributed by atoms with E-state index in [4.69, 9.17) is 22.1 Å². The number of carbonyl (C=O) groups excluding carboxylic acids is 1. The molecule has 2 heterocycles. The number of benzene rings is 1. The van der Waals surface area contributed by atoms with Crippen molar-refractivity contribution in [3.05, 3.63) is 40.7 Å². The second-order valence-electron chi connectivity index (χ2n) is 5.58. The number of ether oxygens (including phenoxy) is 1. The standard InChI is InChI=1S/C15H14ClF3N4O2/c1-25-7-9-6-22(14(24)13-12(20)5-21-23(9)13)8-2-3-10(11(16)4-8)15(17,18)19/h2-5,9H,6-7,20H2,1H3. The van der Waals surface area contributed by atoms with E-state index in [1.54, 1.807) is 0 Å². The average Bonchev–Trinajstić information content (AvgIpc) is 2.91. The molecule has 1 aromatic heterocycles. The van der Waals surface area contributed by atoms with Crippen molar-refractivity contribution >= 4 is 28.9 Å². The van der Waals surface area contributed by atoms with Crippen LogP contribution < -0.4 is 10.6 Å². The number of nitrogen functional groups attached to an aromatic ring is 1. The van der Waals surface area contributed by atoms with Crippen LogP contribution >= 0.6 is 11.6 Å². The fourth-order valence-electron chi connectivity index (χ4n) is 2.81. The number of aromatic nitrogens is 2. The molecule has 0 bridgehead atoms. The third-order valence-corrected chi connectivity index (χ3v) is 4.25. The third kappa shape index (κ3) is 3.05. The number of hydrogen-bond donors (Lipinski definition) is 1. The van der Waals surface area contributed by atoms with Crippen molar-refractivity contribution in [2.75, 3.05) is 30.9 Å². The molecule has 1 aromatic carbocycles. The van der Waals surface area contributed by atoms with Crippen LogP contribution in [0.3, 0.4) is 0 Å². The normalized spacial score (nSPS) is 17.7. The molecule has 6 nitrogen and oxygen atoms in total.